The van der Waals surface area contributed by atoms with Crippen molar-refractivity contribution in [3.8, 4) is 0 Å². The third-order valence-electron chi connectivity index (χ3n) is 3.33. The number of rotatable bonds is 6. The van der Waals surface area contributed by atoms with Crippen LogP contribution in [0, 0.1) is 11.6 Å². The molecule has 1 heterocycles. The normalized spacial score (nSPS) is 12.6. The second-order valence-corrected chi connectivity index (χ2v) is 6.15. The van der Waals surface area contributed by atoms with E-state index in [2.05, 4.69) is 24.4 Å². The van der Waals surface area contributed by atoms with Gasteiger partial charge in [-0.15, -0.1) is 11.3 Å². The number of likely N-dealkylation sites (N-methyl/N-ethyl adjacent to an activating group) is 1. The molecular formula is C16H19F2NS. The molecule has 0 saturated carbocycles. The molecule has 20 heavy (non-hydrogen) atoms. The molecule has 4 heteroatoms. The minimum atomic E-state index is -0.515. The van der Waals surface area contributed by atoms with Crippen LogP contribution in [0.5, 0.6) is 0 Å². The summed E-state index contributed by atoms with van der Waals surface area (Å²) in [7, 11) is 1.88. The lowest BCUT2D eigenvalue weighted by Crippen LogP contribution is -2.29. The smallest absolute Gasteiger partial charge is 0.126 e. The van der Waals surface area contributed by atoms with Crippen LogP contribution in [0.1, 0.15) is 22.2 Å². The van der Waals surface area contributed by atoms with E-state index >= 15 is 0 Å². The summed E-state index contributed by atoms with van der Waals surface area (Å²) in [6, 6.07) is 8.18. The van der Waals surface area contributed by atoms with Gasteiger partial charge < -0.3 is 5.32 Å². The molecule has 1 atom stereocenters. The van der Waals surface area contributed by atoms with Crippen LogP contribution < -0.4 is 5.32 Å². The molecule has 2 rings (SSSR count). The molecule has 1 nitrogen and oxygen atoms in total. The quantitative estimate of drug-likeness (QED) is 0.850. The van der Waals surface area contributed by atoms with Crippen LogP contribution in [0.4, 0.5) is 8.78 Å². The van der Waals surface area contributed by atoms with Crippen molar-refractivity contribution in [3.05, 3.63) is 57.3 Å². The Morgan fingerprint density at radius 2 is 1.70 bits per heavy atom. The fraction of sp³-hybridized carbons (Fsp3) is 0.375. The lowest BCUT2D eigenvalue weighted by atomic mass is 10.0. The number of hydrogen-bond acceptors (Lipinski definition) is 2. The van der Waals surface area contributed by atoms with E-state index in [0.29, 0.717) is 12.0 Å². The Morgan fingerprint density at radius 3 is 2.25 bits per heavy atom. The van der Waals surface area contributed by atoms with Crippen molar-refractivity contribution in [2.24, 2.45) is 0 Å². The number of thiophene rings is 1. The van der Waals surface area contributed by atoms with Gasteiger partial charge in [0.25, 0.3) is 0 Å². The van der Waals surface area contributed by atoms with Gasteiger partial charge in [0, 0.05) is 21.9 Å². The topological polar surface area (TPSA) is 12.0 Å². The molecule has 0 aliphatic carbocycles. The van der Waals surface area contributed by atoms with Gasteiger partial charge in [0.1, 0.15) is 11.6 Å². The van der Waals surface area contributed by atoms with E-state index < -0.39 is 11.6 Å². The molecule has 1 N–H and O–H groups in total. The molecular weight excluding hydrogens is 276 g/mol. The van der Waals surface area contributed by atoms with E-state index in [-0.39, 0.29) is 6.04 Å². The highest BCUT2D eigenvalue weighted by Gasteiger charge is 2.11. The van der Waals surface area contributed by atoms with Crippen molar-refractivity contribution in [2.75, 3.05) is 7.05 Å². The first-order chi connectivity index (χ1) is 9.60. The maximum atomic E-state index is 13.2. The molecule has 1 aromatic carbocycles. The standard InChI is InChI=1S/C16H19F2NS/c1-3-15-4-5-16(20-15)10-14(19-2)8-11-6-12(17)9-13(18)7-11/h4-7,9,14,19H,3,8,10H2,1-2H3. The van der Waals surface area contributed by atoms with Crippen LogP contribution in [0.3, 0.4) is 0 Å². The predicted octanol–water partition coefficient (Wildman–Crippen LogP) is 3.96. The van der Waals surface area contributed by atoms with Crippen molar-refractivity contribution >= 4 is 11.3 Å². The molecule has 0 amide bonds. The fourth-order valence-corrected chi connectivity index (χ4v) is 3.29. The zero-order chi connectivity index (χ0) is 14.5. The average molecular weight is 295 g/mol. The van der Waals surface area contributed by atoms with E-state index in [1.807, 2.05) is 7.05 Å². The Morgan fingerprint density at radius 1 is 1.05 bits per heavy atom. The van der Waals surface area contributed by atoms with Gasteiger partial charge in [-0.3, -0.25) is 0 Å². The van der Waals surface area contributed by atoms with Gasteiger partial charge in [0.2, 0.25) is 0 Å². The van der Waals surface area contributed by atoms with Crippen molar-refractivity contribution < 1.29 is 8.78 Å². The number of benzene rings is 1. The summed E-state index contributed by atoms with van der Waals surface area (Å²) in [6.45, 7) is 2.14. The lowest BCUT2D eigenvalue weighted by molar-refractivity contribution is 0.546. The summed E-state index contributed by atoms with van der Waals surface area (Å²) in [6.07, 6.45) is 2.54. The van der Waals surface area contributed by atoms with Gasteiger partial charge in [0.05, 0.1) is 0 Å². The van der Waals surface area contributed by atoms with Gasteiger partial charge in [-0.1, -0.05) is 6.92 Å². The van der Waals surface area contributed by atoms with Crippen LogP contribution in [0.15, 0.2) is 30.3 Å². The highest BCUT2D eigenvalue weighted by atomic mass is 32.1. The van der Waals surface area contributed by atoms with E-state index in [1.54, 1.807) is 11.3 Å². The summed E-state index contributed by atoms with van der Waals surface area (Å²) < 4.78 is 26.4. The molecule has 108 valence electrons. The third-order valence-corrected chi connectivity index (χ3v) is 4.58. The number of hydrogen-bond donors (Lipinski definition) is 1. The predicted molar refractivity (Wildman–Crippen MR) is 80.3 cm³/mol. The van der Waals surface area contributed by atoms with Gasteiger partial charge in [0.15, 0.2) is 0 Å². The van der Waals surface area contributed by atoms with Crippen LogP contribution in [-0.4, -0.2) is 13.1 Å². The molecule has 0 fully saturated rings. The van der Waals surface area contributed by atoms with E-state index in [0.717, 1.165) is 18.9 Å². The van der Waals surface area contributed by atoms with Gasteiger partial charge in [-0.25, -0.2) is 8.78 Å². The molecule has 0 bridgehead atoms. The monoisotopic (exact) mass is 295 g/mol. The molecule has 2 aromatic rings. The zero-order valence-electron chi connectivity index (χ0n) is 11.7. The Bertz CT molecular complexity index is 545. The lowest BCUT2D eigenvalue weighted by Gasteiger charge is -2.15. The summed E-state index contributed by atoms with van der Waals surface area (Å²) in [5.41, 5.74) is 0.689. The summed E-state index contributed by atoms with van der Waals surface area (Å²) in [5, 5.41) is 3.23. The van der Waals surface area contributed by atoms with Crippen LogP contribution in [0.25, 0.3) is 0 Å². The Hall–Kier alpha value is -1.26. The van der Waals surface area contributed by atoms with Crippen molar-refractivity contribution in [3.63, 3.8) is 0 Å². The maximum Gasteiger partial charge on any atom is 0.126 e. The molecule has 0 aliphatic rings. The zero-order valence-corrected chi connectivity index (χ0v) is 12.6. The van der Waals surface area contributed by atoms with E-state index in [1.165, 1.54) is 21.9 Å². The molecule has 1 unspecified atom stereocenters. The van der Waals surface area contributed by atoms with Gasteiger partial charge >= 0.3 is 0 Å². The first-order valence-electron chi connectivity index (χ1n) is 6.80. The maximum absolute atomic E-state index is 13.2. The highest BCUT2D eigenvalue weighted by Crippen LogP contribution is 2.20. The largest absolute Gasteiger partial charge is 0.316 e. The third kappa shape index (κ3) is 4.12. The molecule has 1 aromatic heterocycles. The van der Waals surface area contributed by atoms with Gasteiger partial charge in [-0.05, 0) is 56.1 Å². The SMILES string of the molecule is CCc1ccc(CC(Cc2cc(F)cc(F)c2)NC)s1. The molecule has 0 saturated heterocycles. The minimum absolute atomic E-state index is 0.180. The average Bonchev–Trinajstić information content (AvgIpc) is 2.84. The first-order valence-corrected chi connectivity index (χ1v) is 7.62. The second-order valence-electron chi connectivity index (χ2n) is 4.89. The van der Waals surface area contributed by atoms with Crippen molar-refractivity contribution in [1.29, 1.82) is 0 Å². The highest BCUT2D eigenvalue weighted by molar-refractivity contribution is 7.11. The Balaban J connectivity index is 2.04. The van der Waals surface area contributed by atoms with Gasteiger partial charge in [-0.2, -0.15) is 0 Å². The minimum Gasteiger partial charge on any atom is -0.316 e. The molecule has 0 radical (unpaired) electrons. The molecule has 0 spiro atoms. The first kappa shape index (κ1) is 15.1. The summed E-state index contributed by atoms with van der Waals surface area (Å²) >= 11 is 1.81. The Kier molecular flexibility index (Phi) is 5.26. The second kappa shape index (κ2) is 6.95. The number of nitrogens with one attached hydrogen (secondary N) is 1. The molecule has 0 aliphatic heterocycles. The van der Waals surface area contributed by atoms with E-state index in [4.69, 9.17) is 0 Å². The Labute approximate surface area is 122 Å². The summed E-state index contributed by atoms with van der Waals surface area (Å²) in [4.78, 5) is 2.67. The van der Waals surface area contributed by atoms with Crippen LogP contribution in [-0.2, 0) is 19.3 Å². The van der Waals surface area contributed by atoms with E-state index in [9.17, 15) is 8.78 Å². The van der Waals surface area contributed by atoms with Crippen LogP contribution in [0.2, 0.25) is 0 Å². The summed E-state index contributed by atoms with van der Waals surface area (Å²) in [5.74, 6) is -1.03. The van der Waals surface area contributed by atoms with Crippen molar-refractivity contribution in [2.45, 2.75) is 32.2 Å². The van der Waals surface area contributed by atoms with Crippen LogP contribution >= 0.6 is 11.3 Å². The fourth-order valence-electron chi connectivity index (χ4n) is 2.25. The number of halogens is 2. The van der Waals surface area contributed by atoms with Crippen molar-refractivity contribution in [1.82, 2.24) is 5.32 Å². The number of aryl methyl sites for hydroxylation is 1.